The fourth-order valence-electron chi connectivity index (χ4n) is 1.02. The number of halogens is 2. The molecule has 1 rings (SSSR count). The van der Waals surface area contributed by atoms with Gasteiger partial charge in [0.25, 0.3) is 0 Å². The fourth-order valence-corrected chi connectivity index (χ4v) is 1.34. The molecule has 0 radical (unpaired) electrons. The lowest BCUT2D eigenvalue weighted by Gasteiger charge is -2.09. The first-order valence-electron chi connectivity index (χ1n) is 4.36. The lowest BCUT2D eigenvalue weighted by Crippen LogP contribution is -2.42. The maximum atomic E-state index is 7.36. The average molecular weight is 260 g/mol. The van der Waals surface area contributed by atoms with Crippen LogP contribution in [0.25, 0.3) is 0 Å². The van der Waals surface area contributed by atoms with E-state index in [-0.39, 0.29) is 11.9 Å². The number of hydrogen-bond acceptors (Lipinski definition) is 2. The second-order valence-electron chi connectivity index (χ2n) is 3.02. The van der Waals surface area contributed by atoms with Gasteiger partial charge in [-0.05, 0) is 17.7 Å². The molecule has 0 unspecified atom stereocenters. The monoisotopic (exact) mass is 259 g/mol. The van der Waals surface area contributed by atoms with Crippen molar-refractivity contribution in [2.24, 2.45) is 5.73 Å². The summed E-state index contributed by atoms with van der Waals surface area (Å²) in [5.41, 5.74) is 5.94. The molecule has 0 spiro atoms. The molecule has 6 N–H and O–H groups in total. The molecule has 0 aromatic heterocycles. The van der Waals surface area contributed by atoms with Gasteiger partial charge in [-0.15, -0.1) is 0 Å². The first-order valence-corrected chi connectivity index (χ1v) is 5.12. The maximum Gasteiger partial charge on any atom is 0.195 e. The van der Waals surface area contributed by atoms with E-state index in [1.165, 1.54) is 0 Å². The molecule has 16 heavy (non-hydrogen) atoms. The van der Waals surface area contributed by atoms with Crippen LogP contribution in [0.4, 0.5) is 0 Å². The topological polar surface area (TPSA) is 97.8 Å². The van der Waals surface area contributed by atoms with Gasteiger partial charge in [0.05, 0.1) is 10.0 Å². The Kier molecular flexibility index (Phi) is 4.39. The highest BCUT2D eigenvalue weighted by atomic mass is 35.5. The quantitative estimate of drug-likeness (QED) is 0.411. The second kappa shape index (κ2) is 5.58. The van der Waals surface area contributed by atoms with Crippen molar-refractivity contribution in [1.82, 2.24) is 10.6 Å². The number of nitrogens with one attached hydrogen (secondary N) is 4. The van der Waals surface area contributed by atoms with E-state index in [1.807, 2.05) is 0 Å². The summed E-state index contributed by atoms with van der Waals surface area (Å²) in [4.78, 5) is 0. The summed E-state index contributed by atoms with van der Waals surface area (Å²) in [5.74, 6) is -0.329. The third kappa shape index (κ3) is 3.96. The van der Waals surface area contributed by atoms with Crippen LogP contribution in [0.3, 0.4) is 0 Å². The molecule has 86 valence electrons. The molecule has 0 amide bonds. The van der Waals surface area contributed by atoms with Gasteiger partial charge < -0.3 is 11.1 Å². The molecule has 0 saturated carbocycles. The predicted molar refractivity (Wildman–Crippen MR) is 66.1 cm³/mol. The lowest BCUT2D eigenvalue weighted by atomic mass is 10.2. The molecule has 0 saturated heterocycles. The van der Waals surface area contributed by atoms with Crippen molar-refractivity contribution in [1.29, 1.82) is 10.8 Å². The number of nitrogens with two attached hydrogens (primary N) is 1. The smallest absolute Gasteiger partial charge is 0.195 e. The van der Waals surface area contributed by atoms with Crippen LogP contribution in [0.15, 0.2) is 18.2 Å². The molecule has 1 aromatic carbocycles. The minimum absolute atomic E-state index is 0.0430. The van der Waals surface area contributed by atoms with Gasteiger partial charge in [-0.3, -0.25) is 16.1 Å². The summed E-state index contributed by atoms with van der Waals surface area (Å²) in [6, 6.07) is 5.18. The van der Waals surface area contributed by atoms with E-state index in [2.05, 4.69) is 10.6 Å². The van der Waals surface area contributed by atoms with E-state index in [4.69, 9.17) is 39.8 Å². The molecule has 0 aliphatic rings. The minimum atomic E-state index is -0.286. The summed E-state index contributed by atoms with van der Waals surface area (Å²) in [7, 11) is 0. The van der Waals surface area contributed by atoms with Crippen molar-refractivity contribution in [3.05, 3.63) is 33.8 Å². The standard InChI is InChI=1S/C9H11Cl2N5/c10-6-2-1-5(3-7(6)11)4-15-9(14)16-8(12)13/h1-3H,4H2,(H6,12,13,14,15,16). The minimum Gasteiger partial charge on any atom is -0.370 e. The van der Waals surface area contributed by atoms with E-state index in [9.17, 15) is 0 Å². The third-order valence-corrected chi connectivity index (χ3v) is 2.45. The molecule has 0 fully saturated rings. The Morgan fingerprint density at radius 3 is 2.50 bits per heavy atom. The third-order valence-electron chi connectivity index (χ3n) is 1.71. The van der Waals surface area contributed by atoms with Crippen molar-refractivity contribution < 1.29 is 0 Å². The van der Waals surface area contributed by atoms with Gasteiger partial charge in [-0.1, -0.05) is 29.3 Å². The van der Waals surface area contributed by atoms with Crippen LogP contribution in [-0.4, -0.2) is 11.9 Å². The highest BCUT2D eigenvalue weighted by molar-refractivity contribution is 6.42. The zero-order valence-electron chi connectivity index (χ0n) is 8.27. The largest absolute Gasteiger partial charge is 0.370 e. The van der Waals surface area contributed by atoms with Gasteiger partial charge in [0.1, 0.15) is 0 Å². The Labute approximate surface area is 103 Å². The summed E-state index contributed by atoms with van der Waals surface area (Å²) in [5, 5.41) is 20.3. The Hall–Kier alpha value is -1.46. The Morgan fingerprint density at radius 1 is 1.25 bits per heavy atom. The van der Waals surface area contributed by atoms with Crippen molar-refractivity contribution in [2.75, 3.05) is 0 Å². The first kappa shape index (κ1) is 12.6. The van der Waals surface area contributed by atoms with E-state index >= 15 is 0 Å². The molecule has 0 atom stereocenters. The van der Waals surface area contributed by atoms with Gasteiger partial charge in [-0.2, -0.15) is 0 Å². The fraction of sp³-hybridized carbons (Fsp3) is 0.111. The zero-order chi connectivity index (χ0) is 12.1. The van der Waals surface area contributed by atoms with Crippen LogP contribution in [-0.2, 0) is 6.54 Å². The Balaban J connectivity index is 2.51. The molecule has 0 bridgehead atoms. The second-order valence-corrected chi connectivity index (χ2v) is 3.83. The molecular formula is C9H11Cl2N5. The molecule has 7 heteroatoms. The Bertz CT molecular complexity index is 418. The SMILES string of the molecule is N=C(N)NC(=N)NCc1ccc(Cl)c(Cl)c1. The van der Waals surface area contributed by atoms with Crippen molar-refractivity contribution in [3.63, 3.8) is 0 Å². The highest BCUT2D eigenvalue weighted by Gasteiger charge is 2.01. The van der Waals surface area contributed by atoms with Gasteiger partial charge >= 0.3 is 0 Å². The van der Waals surface area contributed by atoms with Crippen LogP contribution < -0.4 is 16.4 Å². The van der Waals surface area contributed by atoms with E-state index in [0.29, 0.717) is 16.6 Å². The van der Waals surface area contributed by atoms with Crippen molar-refractivity contribution >= 4 is 35.1 Å². The van der Waals surface area contributed by atoms with Crippen LogP contribution in [0.5, 0.6) is 0 Å². The van der Waals surface area contributed by atoms with Gasteiger partial charge in [0, 0.05) is 6.54 Å². The number of guanidine groups is 2. The summed E-state index contributed by atoms with van der Waals surface area (Å²) < 4.78 is 0. The summed E-state index contributed by atoms with van der Waals surface area (Å²) in [6.45, 7) is 0.399. The van der Waals surface area contributed by atoms with Crippen LogP contribution in [0, 0.1) is 10.8 Å². The van der Waals surface area contributed by atoms with Crippen LogP contribution >= 0.6 is 23.2 Å². The first-order chi connectivity index (χ1) is 7.49. The molecule has 1 aromatic rings. The molecular weight excluding hydrogens is 249 g/mol. The average Bonchev–Trinajstić information content (AvgIpc) is 2.19. The molecule has 0 aliphatic heterocycles. The lowest BCUT2D eigenvalue weighted by molar-refractivity contribution is 0.877. The number of hydrogen-bond donors (Lipinski definition) is 5. The van der Waals surface area contributed by atoms with Crippen molar-refractivity contribution in [3.8, 4) is 0 Å². The summed E-state index contributed by atoms with van der Waals surface area (Å²) >= 11 is 11.6. The highest BCUT2D eigenvalue weighted by Crippen LogP contribution is 2.22. The zero-order valence-corrected chi connectivity index (χ0v) is 9.78. The number of rotatable bonds is 2. The Morgan fingerprint density at radius 2 is 1.94 bits per heavy atom. The molecule has 5 nitrogen and oxygen atoms in total. The maximum absolute atomic E-state index is 7.36. The van der Waals surface area contributed by atoms with Gasteiger partial charge in [0.15, 0.2) is 11.9 Å². The predicted octanol–water partition coefficient (Wildman–Crippen LogP) is 1.50. The van der Waals surface area contributed by atoms with E-state index in [0.717, 1.165) is 5.56 Å². The molecule has 0 aliphatic carbocycles. The normalized spacial score (nSPS) is 9.62. The van der Waals surface area contributed by atoms with E-state index < -0.39 is 0 Å². The van der Waals surface area contributed by atoms with E-state index in [1.54, 1.807) is 18.2 Å². The van der Waals surface area contributed by atoms with Crippen LogP contribution in [0.1, 0.15) is 5.56 Å². The van der Waals surface area contributed by atoms with Crippen molar-refractivity contribution in [2.45, 2.75) is 6.54 Å². The van der Waals surface area contributed by atoms with Crippen LogP contribution in [0.2, 0.25) is 10.0 Å². The van der Waals surface area contributed by atoms with Gasteiger partial charge in [0.2, 0.25) is 0 Å². The number of benzene rings is 1. The molecule has 0 heterocycles. The van der Waals surface area contributed by atoms with Gasteiger partial charge in [-0.25, -0.2) is 0 Å². The summed E-state index contributed by atoms with van der Waals surface area (Å²) in [6.07, 6.45) is 0.